The van der Waals surface area contributed by atoms with Crippen molar-refractivity contribution < 1.29 is 29.0 Å². The van der Waals surface area contributed by atoms with Crippen LogP contribution in [0.1, 0.15) is 199 Å². The molecule has 6 heteroatoms. The Balaban J connectivity index is -0.000000203. The summed E-state index contributed by atoms with van der Waals surface area (Å²) in [6.45, 7) is 37.5. The summed E-state index contributed by atoms with van der Waals surface area (Å²) in [5, 5.41) is 8.23. The number of hydrogen-bond acceptors (Lipinski definition) is 5. The fraction of sp³-hybridized carbons (Fsp3) is 0.717. The van der Waals surface area contributed by atoms with Gasteiger partial charge in [-0.05, 0) is 84.7 Å². The molecule has 0 saturated heterocycles. The van der Waals surface area contributed by atoms with E-state index in [0.29, 0.717) is 43.6 Å². The number of carbonyl (C=O) groups excluding carboxylic acids is 2. The lowest BCUT2D eigenvalue weighted by molar-refractivity contribution is -0.145. The molecule has 0 spiro atoms. The number of rotatable bonds is 18. The quantitative estimate of drug-likeness (QED) is 0.151. The number of benzene rings is 2. The van der Waals surface area contributed by atoms with Gasteiger partial charge in [-0.1, -0.05) is 204 Å². The molecular formula is C53H98O6. The van der Waals surface area contributed by atoms with E-state index >= 15 is 0 Å². The van der Waals surface area contributed by atoms with E-state index in [1.54, 1.807) is 0 Å². The van der Waals surface area contributed by atoms with Crippen LogP contribution < -0.4 is 0 Å². The minimum atomic E-state index is -0.685. The summed E-state index contributed by atoms with van der Waals surface area (Å²) < 4.78 is 9.66. The Labute approximate surface area is 367 Å². The summed E-state index contributed by atoms with van der Waals surface area (Å²) in [7, 11) is 1.43. The summed E-state index contributed by atoms with van der Waals surface area (Å²) >= 11 is 0. The predicted molar refractivity (Wildman–Crippen MR) is 258 cm³/mol. The Morgan fingerprint density at radius 1 is 0.508 bits per heavy atom. The molecule has 59 heavy (non-hydrogen) atoms. The summed E-state index contributed by atoms with van der Waals surface area (Å²) in [5.74, 6) is 4.44. The number of carbonyl (C=O) groups is 3. The number of carboxylic acids is 1. The third-order valence-electron chi connectivity index (χ3n) is 7.40. The van der Waals surface area contributed by atoms with Crippen molar-refractivity contribution in [2.45, 2.75) is 201 Å². The largest absolute Gasteiger partial charge is 0.481 e. The van der Waals surface area contributed by atoms with Crippen LogP contribution in [0.4, 0.5) is 0 Å². The molecule has 1 N–H and O–H groups in total. The van der Waals surface area contributed by atoms with Crippen molar-refractivity contribution in [3.63, 3.8) is 0 Å². The van der Waals surface area contributed by atoms with Crippen molar-refractivity contribution in [2.75, 3.05) is 7.11 Å². The van der Waals surface area contributed by atoms with Gasteiger partial charge in [-0.3, -0.25) is 14.4 Å². The molecule has 0 aliphatic carbocycles. The average molecular weight is 831 g/mol. The van der Waals surface area contributed by atoms with E-state index in [-0.39, 0.29) is 11.9 Å². The minimum absolute atomic E-state index is 0.0931. The molecular weight excluding hydrogens is 733 g/mol. The highest BCUT2D eigenvalue weighted by atomic mass is 16.5. The number of carboxylic acid groups (broad SMARTS) is 1. The zero-order chi connectivity index (χ0) is 46.6. The smallest absolute Gasteiger partial charge is 0.306 e. The molecule has 0 fully saturated rings. The molecule has 0 unspecified atom stereocenters. The highest BCUT2D eigenvalue weighted by molar-refractivity contribution is 5.69. The van der Waals surface area contributed by atoms with Gasteiger partial charge < -0.3 is 14.6 Å². The molecule has 346 valence electrons. The van der Waals surface area contributed by atoms with Gasteiger partial charge in [0.2, 0.25) is 0 Å². The molecule has 2 rings (SSSR count). The fourth-order valence-corrected chi connectivity index (χ4v) is 4.91. The number of aliphatic carboxylic acids is 1. The third-order valence-corrected chi connectivity index (χ3v) is 7.40. The van der Waals surface area contributed by atoms with E-state index in [2.05, 4.69) is 153 Å². The van der Waals surface area contributed by atoms with Crippen LogP contribution in [0.2, 0.25) is 0 Å². The first-order valence-electron chi connectivity index (χ1n) is 23.1. The van der Waals surface area contributed by atoms with Crippen LogP contribution in [0.5, 0.6) is 0 Å². The van der Waals surface area contributed by atoms with Gasteiger partial charge in [0.1, 0.15) is 6.61 Å². The van der Waals surface area contributed by atoms with Gasteiger partial charge in [0.15, 0.2) is 0 Å². The van der Waals surface area contributed by atoms with Gasteiger partial charge in [-0.15, -0.1) is 0 Å². The van der Waals surface area contributed by atoms with Crippen molar-refractivity contribution >= 4 is 17.9 Å². The fourth-order valence-electron chi connectivity index (χ4n) is 4.91. The molecule has 0 bridgehead atoms. The van der Waals surface area contributed by atoms with Gasteiger partial charge in [-0.25, -0.2) is 0 Å². The molecule has 0 saturated carbocycles. The topological polar surface area (TPSA) is 89.9 Å². The Kier molecular flexibility index (Phi) is 52.3. The lowest BCUT2D eigenvalue weighted by Gasteiger charge is -2.06. The maximum absolute atomic E-state index is 11.4. The first kappa shape index (κ1) is 65.0. The highest BCUT2D eigenvalue weighted by Crippen LogP contribution is 2.10. The van der Waals surface area contributed by atoms with Gasteiger partial charge in [0.05, 0.1) is 7.11 Å². The zero-order valence-electron chi connectivity index (χ0n) is 42.0. The molecule has 0 aliphatic rings. The number of esters is 2. The minimum Gasteiger partial charge on any atom is -0.481 e. The van der Waals surface area contributed by atoms with Crippen molar-refractivity contribution in [3.8, 4) is 0 Å². The zero-order valence-corrected chi connectivity index (χ0v) is 42.0. The second-order valence-electron chi connectivity index (χ2n) is 18.5. The molecule has 0 heterocycles. The number of hydrogen-bond donors (Lipinski definition) is 1. The third kappa shape index (κ3) is 72.9. The van der Waals surface area contributed by atoms with E-state index < -0.39 is 5.97 Å². The van der Waals surface area contributed by atoms with Crippen LogP contribution in [0.15, 0.2) is 60.7 Å². The average Bonchev–Trinajstić information content (AvgIpc) is 3.11. The van der Waals surface area contributed by atoms with Gasteiger partial charge >= 0.3 is 17.9 Å². The van der Waals surface area contributed by atoms with Gasteiger partial charge in [0, 0.05) is 19.3 Å². The number of ether oxygens (including phenoxy) is 2. The molecule has 2 aromatic rings. The van der Waals surface area contributed by atoms with Crippen molar-refractivity contribution in [2.24, 2.45) is 41.4 Å². The molecule has 6 nitrogen and oxygen atoms in total. The Morgan fingerprint density at radius 3 is 1.14 bits per heavy atom. The standard InChI is InChI=1S/C14H20O2.C10H14.C8H16O2.C7H14O2.C7H16.C4H10.C3H8/c1-12(2)7-6-10-14(15)16-11-13-8-4-3-5-9-13;1-9(2)8-10-6-4-3-5-7-10;1-7(2)5-4-6-8(9)10-3;1-6(2)4-3-5-7(8)9;1-6(2)5-7(3)4;1-4(2)3;1-3-2/h3-5,8-9,12H,6-7,10-11H2,1-2H3;3-7,9H,8H2,1-2H3;7H,4-6H2,1-3H3;6H,3-5H2,1-2H3,(H,8,9);6-7H,5H2,1-4H3;4H,1-3H3;3H2,1-2H3. The van der Waals surface area contributed by atoms with E-state index in [4.69, 9.17) is 9.84 Å². The first-order valence-corrected chi connectivity index (χ1v) is 23.1. The number of methoxy groups -OCH3 is 1. The first-order chi connectivity index (χ1) is 27.5. The molecule has 0 radical (unpaired) electrons. The second-order valence-corrected chi connectivity index (χ2v) is 18.5. The Bertz CT molecular complexity index is 1130. The van der Waals surface area contributed by atoms with Gasteiger partial charge in [0.25, 0.3) is 0 Å². The molecule has 0 amide bonds. The lowest BCUT2D eigenvalue weighted by Crippen LogP contribution is -2.04. The SMILES string of the molecule is CC(C)C.CC(C)CC(C)C.CC(C)CCCC(=O)O.CC(C)CCCC(=O)OCc1ccccc1.CC(C)Cc1ccccc1.CCC.COC(=O)CCCC(C)C. The highest BCUT2D eigenvalue weighted by Gasteiger charge is 2.04. The Hall–Kier alpha value is -3.15. The van der Waals surface area contributed by atoms with Crippen LogP contribution in [0, 0.1) is 41.4 Å². The lowest BCUT2D eigenvalue weighted by atomic mass is 10.0. The molecule has 0 atom stereocenters. The van der Waals surface area contributed by atoms with Gasteiger partial charge in [-0.2, -0.15) is 0 Å². The summed E-state index contributed by atoms with van der Waals surface area (Å²) in [5.41, 5.74) is 2.48. The van der Waals surface area contributed by atoms with Crippen LogP contribution in [-0.2, 0) is 36.9 Å². The van der Waals surface area contributed by atoms with E-state index in [1.165, 1.54) is 31.9 Å². The van der Waals surface area contributed by atoms with Crippen molar-refractivity contribution in [1.29, 1.82) is 0 Å². The van der Waals surface area contributed by atoms with E-state index in [1.807, 2.05) is 30.3 Å². The normalized spacial score (nSPS) is 10.1. The van der Waals surface area contributed by atoms with Crippen LogP contribution >= 0.6 is 0 Å². The summed E-state index contributed by atoms with van der Waals surface area (Å²) in [6.07, 6.45) is 11.1. The molecule has 0 aromatic heterocycles. The maximum Gasteiger partial charge on any atom is 0.306 e. The van der Waals surface area contributed by atoms with Crippen LogP contribution in [-0.4, -0.2) is 30.1 Å². The Morgan fingerprint density at radius 2 is 0.847 bits per heavy atom. The van der Waals surface area contributed by atoms with Crippen LogP contribution in [0.25, 0.3) is 0 Å². The molecule has 2 aromatic carbocycles. The predicted octanol–water partition coefficient (Wildman–Crippen LogP) is 16.1. The summed E-state index contributed by atoms with van der Waals surface area (Å²) in [4.78, 5) is 31.9. The summed E-state index contributed by atoms with van der Waals surface area (Å²) in [6, 6.07) is 20.4. The van der Waals surface area contributed by atoms with E-state index in [0.717, 1.165) is 67.8 Å². The molecule has 0 aliphatic heterocycles. The monoisotopic (exact) mass is 831 g/mol. The maximum atomic E-state index is 11.4. The van der Waals surface area contributed by atoms with Crippen molar-refractivity contribution in [3.05, 3.63) is 71.8 Å². The van der Waals surface area contributed by atoms with Crippen LogP contribution in [0.3, 0.4) is 0 Å². The van der Waals surface area contributed by atoms with E-state index in [9.17, 15) is 14.4 Å². The second kappa shape index (κ2) is 47.5. The van der Waals surface area contributed by atoms with Crippen molar-refractivity contribution in [1.82, 2.24) is 0 Å².